The van der Waals surface area contributed by atoms with Gasteiger partial charge in [0.2, 0.25) is 5.91 Å². The summed E-state index contributed by atoms with van der Waals surface area (Å²) in [6, 6.07) is 11.6. The van der Waals surface area contributed by atoms with Gasteiger partial charge in [0, 0.05) is 10.9 Å². The third-order valence-electron chi connectivity index (χ3n) is 7.69. The van der Waals surface area contributed by atoms with E-state index < -0.39 is 5.54 Å². The van der Waals surface area contributed by atoms with E-state index in [9.17, 15) is 9.59 Å². The largest absolute Gasteiger partial charge is 0.463 e. The maximum Gasteiger partial charge on any atom is 0.271 e. The second-order valence-electron chi connectivity index (χ2n) is 9.76. The molecule has 4 heterocycles. The average Bonchev–Trinajstić information content (AvgIpc) is 3.56. The van der Waals surface area contributed by atoms with Crippen LogP contribution in [0.5, 0.6) is 0 Å². The average molecular weight is 466 g/mol. The molecular weight excluding hydrogens is 434 g/mol. The van der Waals surface area contributed by atoms with Crippen molar-refractivity contribution in [2.45, 2.75) is 64.7 Å². The lowest BCUT2D eigenvalue weighted by molar-refractivity contribution is -0.134. The van der Waals surface area contributed by atoms with E-state index >= 15 is 0 Å². The first-order valence-electron chi connectivity index (χ1n) is 11.8. The molecule has 33 heavy (non-hydrogen) atoms. The van der Waals surface area contributed by atoms with E-state index in [1.54, 1.807) is 22.5 Å². The van der Waals surface area contributed by atoms with Crippen LogP contribution in [0.25, 0.3) is 11.5 Å². The summed E-state index contributed by atoms with van der Waals surface area (Å²) in [5.74, 6) is 1.47. The van der Waals surface area contributed by atoms with Gasteiger partial charge in [-0.05, 0) is 60.9 Å². The number of thiophene rings is 1. The number of nitrogens with one attached hydrogen (secondary N) is 1. The van der Waals surface area contributed by atoms with E-state index in [1.807, 2.05) is 53.3 Å². The van der Waals surface area contributed by atoms with Crippen LogP contribution in [0.4, 0.5) is 0 Å². The summed E-state index contributed by atoms with van der Waals surface area (Å²) in [5.41, 5.74) is 0.384. The Bertz CT molecular complexity index is 1130. The zero-order valence-electron chi connectivity index (χ0n) is 19.4. The summed E-state index contributed by atoms with van der Waals surface area (Å²) in [4.78, 5) is 30.5. The first-order valence-corrected chi connectivity index (χ1v) is 12.6. The third kappa shape index (κ3) is 3.82. The number of amides is 2. The van der Waals surface area contributed by atoms with Crippen LogP contribution < -0.4 is 5.32 Å². The standard InChI is InChI=1S/C26H31N3O3S/c1-17-7-4-9-20(18(17)2)27-25(31)26(3)16-28-21(23-10-5-13-32-23)11-12-22(28)24(30)29(26)15-19-8-6-14-33-19/h5-6,8,10-14,17-18,20H,4,7,9,15-16H2,1-3H3,(H,27,31)/t17-,18+,20+,26+/m1/s1. The maximum atomic E-state index is 13.9. The first kappa shape index (κ1) is 22.0. The summed E-state index contributed by atoms with van der Waals surface area (Å²) >= 11 is 1.60. The first-order chi connectivity index (χ1) is 15.9. The number of fused-ring (bicyclic) bond motifs is 1. The molecule has 3 aromatic heterocycles. The Kier molecular flexibility index (Phi) is 5.69. The number of carbonyl (C=O) groups is 2. The number of hydrogen-bond donors (Lipinski definition) is 1. The molecule has 0 aromatic carbocycles. The van der Waals surface area contributed by atoms with Gasteiger partial charge in [0.25, 0.3) is 5.91 Å². The Morgan fingerprint density at radius 3 is 2.73 bits per heavy atom. The van der Waals surface area contributed by atoms with Crippen molar-refractivity contribution in [2.24, 2.45) is 11.8 Å². The number of hydrogen-bond acceptors (Lipinski definition) is 4. The molecule has 1 saturated carbocycles. The second-order valence-corrected chi connectivity index (χ2v) is 10.8. The smallest absolute Gasteiger partial charge is 0.271 e. The van der Waals surface area contributed by atoms with E-state index in [4.69, 9.17) is 4.42 Å². The monoisotopic (exact) mass is 465 g/mol. The highest BCUT2D eigenvalue weighted by Gasteiger charge is 2.49. The summed E-state index contributed by atoms with van der Waals surface area (Å²) in [6.45, 7) is 7.19. The van der Waals surface area contributed by atoms with Crippen LogP contribution in [0, 0.1) is 11.8 Å². The zero-order chi connectivity index (χ0) is 23.2. The van der Waals surface area contributed by atoms with Gasteiger partial charge in [0.1, 0.15) is 17.0 Å². The molecule has 3 aromatic rings. The Morgan fingerprint density at radius 2 is 2.00 bits per heavy atom. The third-order valence-corrected chi connectivity index (χ3v) is 8.55. The van der Waals surface area contributed by atoms with Crippen molar-refractivity contribution in [1.82, 2.24) is 14.8 Å². The predicted molar refractivity (Wildman–Crippen MR) is 129 cm³/mol. The minimum Gasteiger partial charge on any atom is -0.463 e. The van der Waals surface area contributed by atoms with Crippen molar-refractivity contribution in [3.63, 3.8) is 0 Å². The maximum absolute atomic E-state index is 13.9. The highest BCUT2D eigenvalue weighted by Crippen LogP contribution is 2.36. The summed E-state index contributed by atoms with van der Waals surface area (Å²) in [5, 5.41) is 5.35. The molecular formula is C26H31N3O3S. The molecule has 0 saturated heterocycles. The minimum atomic E-state index is -1.02. The Balaban J connectivity index is 1.51. The van der Waals surface area contributed by atoms with Gasteiger partial charge >= 0.3 is 0 Å². The molecule has 5 rings (SSSR count). The van der Waals surface area contributed by atoms with E-state index in [0.717, 1.165) is 23.4 Å². The van der Waals surface area contributed by atoms with Crippen LogP contribution in [-0.2, 0) is 17.9 Å². The van der Waals surface area contributed by atoms with Gasteiger partial charge in [-0.15, -0.1) is 11.3 Å². The number of carbonyl (C=O) groups excluding carboxylic acids is 2. The molecule has 6 nitrogen and oxygen atoms in total. The molecule has 1 aliphatic heterocycles. The van der Waals surface area contributed by atoms with E-state index in [1.165, 1.54) is 6.42 Å². The molecule has 1 fully saturated rings. The molecule has 0 unspecified atom stereocenters. The number of aromatic nitrogens is 1. The van der Waals surface area contributed by atoms with Gasteiger partial charge in [-0.3, -0.25) is 9.59 Å². The molecule has 1 N–H and O–H groups in total. The molecule has 174 valence electrons. The van der Waals surface area contributed by atoms with Crippen molar-refractivity contribution in [1.29, 1.82) is 0 Å². The normalized spacial score (nSPS) is 27.4. The quantitative estimate of drug-likeness (QED) is 0.566. The fourth-order valence-electron chi connectivity index (χ4n) is 5.33. The van der Waals surface area contributed by atoms with Gasteiger partial charge in [-0.25, -0.2) is 0 Å². The number of furan rings is 1. The zero-order valence-corrected chi connectivity index (χ0v) is 20.2. The van der Waals surface area contributed by atoms with Gasteiger partial charge in [-0.2, -0.15) is 0 Å². The van der Waals surface area contributed by atoms with E-state index in [2.05, 4.69) is 19.2 Å². The minimum absolute atomic E-state index is 0.0805. The van der Waals surface area contributed by atoms with E-state index in [-0.39, 0.29) is 17.9 Å². The fraction of sp³-hybridized carbons (Fsp3) is 0.462. The van der Waals surface area contributed by atoms with E-state index in [0.29, 0.717) is 36.4 Å². The molecule has 4 atom stereocenters. The fourth-order valence-corrected chi connectivity index (χ4v) is 6.02. The molecule has 0 bridgehead atoms. The van der Waals surface area contributed by atoms with Gasteiger partial charge in [0.05, 0.1) is 25.0 Å². The lowest BCUT2D eigenvalue weighted by atomic mass is 9.77. The van der Waals surface area contributed by atoms with Crippen LogP contribution >= 0.6 is 11.3 Å². The van der Waals surface area contributed by atoms with Gasteiger partial charge in [0.15, 0.2) is 0 Å². The van der Waals surface area contributed by atoms with Crippen LogP contribution in [0.15, 0.2) is 52.5 Å². The Hall–Kier alpha value is -2.80. The lowest BCUT2D eigenvalue weighted by Gasteiger charge is -2.45. The van der Waals surface area contributed by atoms with Crippen molar-refractivity contribution in [2.75, 3.05) is 0 Å². The summed E-state index contributed by atoms with van der Waals surface area (Å²) in [6.07, 6.45) is 4.93. The number of rotatable bonds is 5. The molecule has 7 heteroatoms. The van der Waals surface area contributed by atoms with Gasteiger partial charge in [-0.1, -0.05) is 32.8 Å². The van der Waals surface area contributed by atoms with Crippen LogP contribution in [0.3, 0.4) is 0 Å². The summed E-state index contributed by atoms with van der Waals surface area (Å²) in [7, 11) is 0. The second kappa shape index (κ2) is 8.52. The predicted octanol–water partition coefficient (Wildman–Crippen LogP) is 5.17. The molecule has 0 radical (unpaired) electrons. The SMILES string of the molecule is C[C@H]1[C@H](C)CCC[C@@H]1NC(=O)[C@]1(C)Cn2c(ccc2-c2ccco2)C(=O)N1Cc1cccs1. The van der Waals surface area contributed by atoms with Gasteiger partial charge < -0.3 is 19.2 Å². The Morgan fingerprint density at radius 1 is 1.18 bits per heavy atom. The molecule has 1 aliphatic carbocycles. The molecule has 0 spiro atoms. The van der Waals surface area contributed by atoms with Crippen molar-refractivity contribution in [3.05, 3.63) is 58.6 Å². The van der Waals surface area contributed by atoms with Crippen molar-refractivity contribution < 1.29 is 14.0 Å². The highest BCUT2D eigenvalue weighted by atomic mass is 32.1. The topological polar surface area (TPSA) is 67.5 Å². The van der Waals surface area contributed by atoms with Crippen molar-refractivity contribution in [3.8, 4) is 11.5 Å². The van der Waals surface area contributed by atoms with Crippen LogP contribution in [0.2, 0.25) is 0 Å². The molecule has 2 amide bonds. The lowest BCUT2D eigenvalue weighted by Crippen LogP contribution is -2.65. The highest BCUT2D eigenvalue weighted by molar-refractivity contribution is 7.09. The van der Waals surface area contributed by atoms with Crippen LogP contribution in [0.1, 0.15) is 55.4 Å². The summed E-state index contributed by atoms with van der Waals surface area (Å²) < 4.78 is 7.57. The number of nitrogens with zero attached hydrogens (tertiary/aromatic N) is 2. The van der Waals surface area contributed by atoms with Crippen molar-refractivity contribution >= 4 is 23.2 Å². The molecule has 2 aliphatic rings. The van der Waals surface area contributed by atoms with Crippen LogP contribution in [-0.4, -0.2) is 32.9 Å². The Labute approximate surface area is 198 Å².